The van der Waals surface area contributed by atoms with Gasteiger partial charge in [-0.1, -0.05) is 0 Å². The van der Waals surface area contributed by atoms with E-state index >= 15 is 0 Å². The van der Waals surface area contributed by atoms with Gasteiger partial charge >= 0.3 is 0 Å². The van der Waals surface area contributed by atoms with Crippen molar-refractivity contribution in [2.75, 3.05) is 18.8 Å². The van der Waals surface area contributed by atoms with E-state index in [1.807, 2.05) is 0 Å². The molecular weight excluding hydrogens is 294 g/mol. The van der Waals surface area contributed by atoms with Crippen molar-refractivity contribution in [3.05, 3.63) is 5.69 Å². The highest BCUT2D eigenvalue weighted by molar-refractivity contribution is 7.89. The van der Waals surface area contributed by atoms with Crippen molar-refractivity contribution >= 4 is 21.7 Å². The van der Waals surface area contributed by atoms with E-state index in [4.69, 9.17) is 5.73 Å². The van der Waals surface area contributed by atoms with Crippen molar-refractivity contribution in [1.29, 1.82) is 0 Å². The molecular formula is C12H21N5O3S. The van der Waals surface area contributed by atoms with Gasteiger partial charge in [0.1, 0.15) is 4.90 Å². The molecule has 2 rings (SSSR count). The Morgan fingerprint density at radius 2 is 2.14 bits per heavy atom. The van der Waals surface area contributed by atoms with E-state index in [1.54, 1.807) is 14.0 Å². The summed E-state index contributed by atoms with van der Waals surface area (Å²) in [6.07, 6.45) is 1.47. The van der Waals surface area contributed by atoms with Gasteiger partial charge in [-0.15, -0.1) is 0 Å². The minimum absolute atomic E-state index is 0.0108. The Morgan fingerprint density at radius 1 is 1.48 bits per heavy atom. The predicted octanol–water partition coefficient (Wildman–Crippen LogP) is -0.400. The summed E-state index contributed by atoms with van der Waals surface area (Å²) >= 11 is 0. The molecule has 0 saturated carbocycles. The van der Waals surface area contributed by atoms with Gasteiger partial charge in [-0.2, -0.15) is 9.40 Å². The van der Waals surface area contributed by atoms with Crippen LogP contribution in [-0.2, 0) is 21.9 Å². The minimum Gasteiger partial charge on any atom is -0.381 e. The molecule has 0 bridgehead atoms. The first kappa shape index (κ1) is 15.8. The summed E-state index contributed by atoms with van der Waals surface area (Å²) in [5, 5.41) is 6.73. The number of piperidine rings is 1. The monoisotopic (exact) mass is 315 g/mol. The standard InChI is InChI=1S/C12H21N5O3S/c1-8-11(12(13)15-16(8)3)21(19,20)17-6-4-5-10(7-17)14-9(2)18/h10H,4-7H2,1-3H3,(H2,13,15)(H,14,18). The van der Waals surface area contributed by atoms with E-state index in [2.05, 4.69) is 10.4 Å². The summed E-state index contributed by atoms with van der Waals surface area (Å²) in [6, 6.07) is -0.163. The van der Waals surface area contributed by atoms with Gasteiger partial charge in [-0.3, -0.25) is 9.48 Å². The van der Waals surface area contributed by atoms with E-state index in [0.717, 1.165) is 6.42 Å². The molecule has 9 heteroatoms. The van der Waals surface area contributed by atoms with E-state index in [9.17, 15) is 13.2 Å². The van der Waals surface area contributed by atoms with Gasteiger partial charge in [-0.25, -0.2) is 8.42 Å². The zero-order valence-corrected chi connectivity index (χ0v) is 13.3. The second kappa shape index (κ2) is 5.64. The molecule has 1 amide bonds. The molecule has 0 aromatic carbocycles. The van der Waals surface area contributed by atoms with Gasteiger partial charge in [0.25, 0.3) is 0 Å². The Hall–Kier alpha value is -1.61. The van der Waals surface area contributed by atoms with Crippen LogP contribution in [0.25, 0.3) is 0 Å². The van der Waals surface area contributed by atoms with E-state index in [1.165, 1.54) is 15.9 Å². The predicted molar refractivity (Wildman–Crippen MR) is 78.0 cm³/mol. The molecule has 3 N–H and O–H groups in total. The number of nitrogen functional groups attached to an aromatic ring is 1. The van der Waals surface area contributed by atoms with Crippen molar-refractivity contribution in [1.82, 2.24) is 19.4 Å². The zero-order chi connectivity index (χ0) is 15.8. The number of rotatable bonds is 3. The third-order valence-corrected chi connectivity index (χ3v) is 5.73. The third kappa shape index (κ3) is 3.03. The van der Waals surface area contributed by atoms with E-state index in [0.29, 0.717) is 18.7 Å². The fraction of sp³-hybridized carbons (Fsp3) is 0.667. The molecule has 1 unspecified atom stereocenters. The molecule has 118 valence electrons. The smallest absolute Gasteiger partial charge is 0.248 e. The van der Waals surface area contributed by atoms with Crippen LogP contribution in [-0.4, -0.2) is 47.5 Å². The summed E-state index contributed by atoms with van der Waals surface area (Å²) in [7, 11) is -2.04. The quantitative estimate of drug-likeness (QED) is 0.788. The van der Waals surface area contributed by atoms with Crippen LogP contribution < -0.4 is 11.1 Å². The zero-order valence-electron chi connectivity index (χ0n) is 12.5. The van der Waals surface area contributed by atoms with Crippen molar-refractivity contribution in [2.24, 2.45) is 7.05 Å². The number of hydrogen-bond donors (Lipinski definition) is 2. The summed E-state index contributed by atoms with van der Waals surface area (Å²) in [5.41, 5.74) is 6.25. The molecule has 0 aliphatic carbocycles. The first-order valence-electron chi connectivity index (χ1n) is 6.79. The molecule has 1 aliphatic heterocycles. The van der Waals surface area contributed by atoms with Crippen LogP contribution in [0.1, 0.15) is 25.5 Å². The summed E-state index contributed by atoms with van der Waals surface area (Å²) in [5.74, 6) is -0.145. The van der Waals surface area contributed by atoms with E-state index < -0.39 is 10.0 Å². The number of sulfonamides is 1. The number of aromatic nitrogens is 2. The molecule has 21 heavy (non-hydrogen) atoms. The van der Waals surface area contributed by atoms with Crippen molar-refractivity contribution in [3.63, 3.8) is 0 Å². The number of nitrogens with zero attached hydrogens (tertiary/aromatic N) is 3. The maximum Gasteiger partial charge on any atom is 0.248 e. The fourth-order valence-electron chi connectivity index (χ4n) is 2.63. The van der Waals surface area contributed by atoms with Crippen LogP contribution in [0.15, 0.2) is 4.90 Å². The highest BCUT2D eigenvalue weighted by Crippen LogP contribution is 2.27. The lowest BCUT2D eigenvalue weighted by Crippen LogP contribution is -2.49. The van der Waals surface area contributed by atoms with Gasteiger partial charge in [0.05, 0.1) is 5.69 Å². The van der Waals surface area contributed by atoms with Crippen LogP contribution in [0.3, 0.4) is 0 Å². The number of aryl methyl sites for hydroxylation is 1. The molecule has 0 radical (unpaired) electrons. The van der Waals surface area contributed by atoms with Crippen LogP contribution in [0, 0.1) is 6.92 Å². The largest absolute Gasteiger partial charge is 0.381 e. The number of carbonyl (C=O) groups is 1. The highest BCUT2D eigenvalue weighted by atomic mass is 32.2. The molecule has 1 saturated heterocycles. The third-order valence-electron chi connectivity index (χ3n) is 3.69. The Morgan fingerprint density at radius 3 is 2.67 bits per heavy atom. The van der Waals surface area contributed by atoms with Gasteiger partial charge < -0.3 is 11.1 Å². The van der Waals surface area contributed by atoms with Crippen LogP contribution >= 0.6 is 0 Å². The second-order valence-electron chi connectivity index (χ2n) is 5.33. The average molecular weight is 315 g/mol. The molecule has 1 fully saturated rings. The average Bonchev–Trinajstić information content (AvgIpc) is 2.63. The SMILES string of the molecule is CC(=O)NC1CCCN(S(=O)(=O)c2c(N)nn(C)c2C)C1. The van der Waals surface area contributed by atoms with Crippen LogP contribution in [0.4, 0.5) is 5.82 Å². The minimum atomic E-state index is -3.70. The number of nitrogens with two attached hydrogens (primary N) is 1. The van der Waals surface area contributed by atoms with Gasteiger partial charge in [-0.05, 0) is 19.8 Å². The lowest BCUT2D eigenvalue weighted by Gasteiger charge is -2.32. The molecule has 1 aliphatic rings. The summed E-state index contributed by atoms with van der Waals surface area (Å²) < 4.78 is 28.3. The molecule has 1 aromatic heterocycles. The molecule has 2 heterocycles. The van der Waals surface area contributed by atoms with Crippen LogP contribution in [0.2, 0.25) is 0 Å². The fourth-order valence-corrected chi connectivity index (χ4v) is 4.44. The molecule has 8 nitrogen and oxygen atoms in total. The van der Waals surface area contributed by atoms with Crippen molar-refractivity contribution in [3.8, 4) is 0 Å². The Balaban J connectivity index is 2.29. The first-order chi connectivity index (χ1) is 9.73. The lowest BCUT2D eigenvalue weighted by molar-refractivity contribution is -0.119. The molecule has 1 atom stereocenters. The second-order valence-corrected chi connectivity index (χ2v) is 7.20. The van der Waals surface area contributed by atoms with Gasteiger partial charge in [0.15, 0.2) is 5.82 Å². The maximum atomic E-state index is 12.8. The molecule has 0 spiro atoms. The van der Waals surface area contributed by atoms with Crippen molar-refractivity contribution < 1.29 is 13.2 Å². The highest BCUT2D eigenvalue weighted by Gasteiger charge is 2.34. The number of carbonyl (C=O) groups excluding carboxylic acids is 1. The topological polar surface area (TPSA) is 110 Å². The maximum absolute atomic E-state index is 12.8. The molecule has 1 aromatic rings. The van der Waals surface area contributed by atoms with E-state index in [-0.39, 0.29) is 29.2 Å². The Labute approximate surface area is 124 Å². The summed E-state index contributed by atoms with van der Waals surface area (Å²) in [6.45, 7) is 3.78. The number of hydrogen-bond acceptors (Lipinski definition) is 5. The van der Waals surface area contributed by atoms with Gasteiger partial charge in [0.2, 0.25) is 15.9 Å². The van der Waals surface area contributed by atoms with Crippen LogP contribution in [0.5, 0.6) is 0 Å². The Kier molecular flexibility index (Phi) is 4.24. The Bertz CT molecular complexity index is 652. The van der Waals surface area contributed by atoms with Crippen molar-refractivity contribution in [2.45, 2.75) is 37.6 Å². The normalized spacial score (nSPS) is 20.4. The number of amides is 1. The lowest BCUT2D eigenvalue weighted by atomic mass is 10.1. The first-order valence-corrected chi connectivity index (χ1v) is 8.23. The van der Waals surface area contributed by atoms with Gasteiger partial charge in [0, 0.05) is 33.1 Å². The number of anilines is 1. The summed E-state index contributed by atoms with van der Waals surface area (Å²) in [4.78, 5) is 11.2. The number of nitrogens with one attached hydrogen (secondary N) is 1.